The van der Waals surface area contributed by atoms with Gasteiger partial charge < -0.3 is 5.32 Å². The number of hydrogen-bond donors (Lipinski definition) is 1. The van der Waals surface area contributed by atoms with Gasteiger partial charge in [0, 0.05) is 10.6 Å². The second-order valence-corrected chi connectivity index (χ2v) is 7.23. The zero-order valence-corrected chi connectivity index (χ0v) is 13.4. The number of fused-ring (bicyclic) bond motifs is 2. The summed E-state index contributed by atoms with van der Waals surface area (Å²) in [6.07, 6.45) is 10.5. The van der Waals surface area contributed by atoms with Crippen LogP contribution in [-0.2, 0) is 10.3 Å². The van der Waals surface area contributed by atoms with Gasteiger partial charge in [0.1, 0.15) is 0 Å². The highest BCUT2D eigenvalue weighted by molar-refractivity contribution is 6.30. The smallest absolute Gasteiger partial charge is 0.252 e. The average Bonchev–Trinajstić information content (AvgIpc) is 2.99. The molecule has 3 heteroatoms. The van der Waals surface area contributed by atoms with E-state index in [0.717, 1.165) is 47.4 Å². The van der Waals surface area contributed by atoms with E-state index < -0.39 is 0 Å². The molecule has 0 spiro atoms. The monoisotopic (exact) mass is 321 g/mol. The first-order chi connectivity index (χ1) is 11.2. The maximum absolute atomic E-state index is 12.9. The summed E-state index contributed by atoms with van der Waals surface area (Å²) in [5, 5.41) is 4.03. The first kappa shape index (κ1) is 13.4. The van der Waals surface area contributed by atoms with Crippen LogP contribution in [0.5, 0.6) is 0 Å². The summed E-state index contributed by atoms with van der Waals surface area (Å²) >= 11 is 6.00. The van der Waals surface area contributed by atoms with E-state index in [9.17, 15) is 4.79 Å². The molecular formula is C20H16ClNO. The molecule has 23 heavy (non-hydrogen) atoms. The van der Waals surface area contributed by atoms with E-state index in [1.54, 1.807) is 0 Å². The van der Waals surface area contributed by atoms with Gasteiger partial charge in [-0.25, -0.2) is 0 Å². The van der Waals surface area contributed by atoms with E-state index in [-0.39, 0.29) is 11.4 Å². The summed E-state index contributed by atoms with van der Waals surface area (Å²) in [7, 11) is 0. The van der Waals surface area contributed by atoms with Gasteiger partial charge in [-0.15, -0.1) is 0 Å². The summed E-state index contributed by atoms with van der Waals surface area (Å²) in [6, 6.07) is 7.87. The van der Waals surface area contributed by atoms with Crippen molar-refractivity contribution in [1.29, 1.82) is 0 Å². The van der Waals surface area contributed by atoms with Gasteiger partial charge in [-0.3, -0.25) is 4.79 Å². The van der Waals surface area contributed by atoms with Crippen LogP contribution < -0.4 is 5.32 Å². The van der Waals surface area contributed by atoms with Gasteiger partial charge in [-0.05, 0) is 77.8 Å². The second-order valence-electron chi connectivity index (χ2n) is 6.80. The van der Waals surface area contributed by atoms with Crippen molar-refractivity contribution in [2.24, 2.45) is 0 Å². The lowest BCUT2D eigenvalue weighted by molar-refractivity contribution is -0.120. The Balaban J connectivity index is 1.45. The summed E-state index contributed by atoms with van der Waals surface area (Å²) in [4.78, 5) is 12.9. The van der Waals surface area contributed by atoms with Crippen LogP contribution in [-0.4, -0.2) is 5.91 Å². The standard InChI is InChI=1S/C20H16ClNO/c21-14-4-2-13(3-5-14)20(8-1-9-20)22-19(23)16-7-6-15-17-10-12(17)11-18(15)16/h2-7,11H,1,8-10H2,(H,22,23). The molecule has 2 saturated carbocycles. The zero-order chi connectivity index (χ0) is 15.6. The minimum Gasteiger partial charge on any atom is -0.343 e. The third kappa shape index (κ3) is 1.91. The highest BCUT2D eigenvalue weighted by Gasteiger charge is 2.42. The summed E-state index contributed by atoms with van der Waals surface area (Å²) < 4.78 is 0. The minimum absolute atomic E-state index is 0.0413. The fourth-order valence-corrected chi connectivity index (χ4v) is 4.03. The Labute approximate surface area is 140 Å². The molecule has 2 nitrogen and oxygen atoms in total. The zero-order valence-electron chi connectivity index (χ0n) is 12.7. The maximum atomic E-state index is 12.9. The van der Waals surface area contributed by atoms with E-state index in [2.05, 4.69) is 17.5 Å². The van der Waals surface area contributed by atoms with E-state index in [4.69, 9.17) is 11.6 Å². The average molecular weight is 322 g/mol. The minimum atomic E-state index is -0.229. The molecule has 0 aromatic heterocycles. The number of carbonyl (C=O) groups is 1. The van der Waals surface area contributed by atoms with Crippen molar-refractivity contribution in [3.8, 4) is 0 Å². The molecule has 0 unspecified atom stereocenters. The van der Waals surface area contributed by atoms with Crippen molar-refractivity contribution in [3.05, 3.63) is 80.9 Å². The molecule has 0 atom stereocenters. The van der Waals surface area contributed by atoms with Crippen LogP contribution in [0, 0.1) is 0 Å². The number of nitrogens with one attached hydrogen (secondary N) is 1. The molecule has 4 aliphatic rings. The van der Waals surface area contributed by atoms with Gasteiger partial charge in [0.2, 0.25) is 0 Å². The quantitative estimate of drug-likeness (QED) is 0.881. The largest absolute Gasteiger partial charge is 0.343 e. The van der Waals surface area contributed by atoms with Crippen LogP contribution in [0.4, 0.5) is 0 Å². The van der Waals surface area contributed by atoms with Gasteiger partial charge in [0.25, 0.3) is 5.91 Å². The normalized spacial score (nSPS) is 22.6. The number of benzene rings is 1. The predicted molar refractivity (Wildman–Crippen MR) is 91.0 cm³/mol. The Kier molecular flexibility index (Phi) is 2.61. The molecule has 114 valence electrons. The molecule has 1 aromatic carbocycles. The molecule has 1 aromatic rings. The van der Waals surface area contributed by atoms with Crippen LogP contribution in [0.3, 0.4) is 0 Å². The SMILES string of the molecule is O=C(NC1(c2ccc(Cl)cc2)CCC1)C1=C2C=C3CC3=C2C=C1. The van der Waals surface area contributed by atoms with Crippen molar-refractivity contribution in [2.45, 2.75) is 31.2 Å². The second kappa shape index (κ2) is 4.48. The number of carbonyl (C=O) groups excluding carboxylic acids is 1. The topological polar surface area (TPSA) is 29.1 Å². The molecule has 2 fully saturated rings. The number of allylic oxidation sites excluding steroid dienone is 6. The Hall–Kier alpha value is -2.06. The van der Waals surface area contributed by atoms with E-state index in [1.165, 1.54) is 16.7 Å². The molecular weight excluding hydrogens is 306 g/mol. The molecule has 0 radical (unpaired) electrons. The third-order valence-corrected chi connectivity index (χ3v) is 5.72. The maximum Gasteiger partial charge on any atom is 0.252 e. The summed E-state index contributed by atoms with van der Waals surface area (Å²) in [5.41, 5.74) is 6.94. The molecule has 0 saturated heterocycles. The van der Waals surface area contributed by atoms with Gasteiger partial charge >= 0.3 is 0 Å². The van der Waals surface area contributed by atoms with Gasteiger partial charge in [-0.2, -0.15) is 0 Å². The number of rotatable bonds is 3. The number of amides is 1. The van der Waals surface area contributed by atoms with E-state index in [0.29, 0.717) is 0 Å². The van der Waals surface area contributed by atoms with Crippen LogP contribution >= 0.6 is 11.6 Å². The highest BCUT2D eigenvalue weighted by Crippen LogP contribution is 2.51. The lowest BCUT2D eigenvalue weighted by Gasteiger charge is -2.43. The van der Waals surface area contributed by atoms with Crippen LogP contribution in [0.15, 0.2) is 70.4 Å². The fourth-order valence-electron chi connectivity index (χ4n) is 3.90. The van der Waals surface area contributed by atoms with Crippen molar-refractivity contribution < 1.29 is 4.79 Å². The van der Waals surface area contributed by atoms with E-state index >= 15 is 0 Å². The van der Waals surface area contributed by atoms with Crippen LogP contribution in [0.1, 0.15) is 31.2 Å². The number of halogens is 1. The van der Waals surface area contributed by atoms with Crippen LogP contribution in [0.2, 0.25) is 5.02 Å². The number of hydrogen-bond acceptors (Lipinski definition) is 1. The molecule has 1 N–H and O–H groups in total. The molecule has 0 bridgehead atoms. The van der Waals surface area contributed by atoms with E-state index in [1.807, 2.05) is 30.3 Å². The summed E-state index contributed by atoms with van der Waals surface area (Å²) in [6.45, 7) is 0. The first-order valence-corrected chi connectivity index (χ1v) is 8.49. The molecule has 5 rings (SSSR count). The lowest BCUT2D eigenvalue weighted by atomic mass is 9.71. The Morgan fingerprint density at radius 3 is 2.57 bits per heavy atom. The molecule has 1 amide bonds. The van der Waals surface area contributed by atoms with Gasteiger partial charge in [0.05, 0.1) is 5.54 Å². The van der Waals surface area contributed by atoms with Crippen molar-refractivity contribution in [2.75, 3.05) is 0 Å². The Morgan fingerprint density at radius 1 is 1.09 bits per heavy atom. The molecule has 0 aliphatic heterocycles. The van der Waals surface area contributed by atoms with Gasteiger partial charge in [-0.1, -0.05) is 29.8 Å². The Morgan fingerprint density at radius 2 is 1.87 bits per heavy atom. The van der Waals surface area contributed by atoms with Gasteiger partial charge in [0.15, 0.2) is 0 Å². The lowest BCUT2D eigenvalue weighted by Crippen LogP contribution is -2.51. The van der Waals surface area contributed by atoms with Crippen molar-refractivity contribution in [3.63, 3.8) is 0 Å². The summed E-state index contributed by atoms with van der Waals surface area (Å²) in [5.74, 6) is 0.0413. The third-order valence-electron chi connectivity index (χ3n) is 5.47. The highest BCUT2D eigenvalue weighted by atomic mass is 35.5. The molecule has 4 aliphatic carbocycles. The predicted octanol–water partition coefficient (Wildman–Crippen LogP) is 4.34. The fraction of sp³-hybridized carbons (Fsp3) is 0.250. The van der Waals surface area contributed by atoms with Crippen molar-refractivity contribution in [1.82, 2.24) is 5.32 Å². The molecule has 0 heterocycles. The Bertz CT molecular complexity index is 863. The van der Waals surface area contributed by atoms with Crippen LogP contribution in [0.25, 0.3) is 0 Å². The van der Waals surface area contributed by atoms with Crippen molar-refractivity contribution >= 4 is 17.5 Å². The first-order valence-electron chi connectivity index (χ1n) is 8.12.